The van der Waals surface area contributed by atoms with Crippen molar-refractivity contribution in [3.8, 4) is 11.5 Å². The normalized spacial score (nSPS) is 11.2. The van der Waals surface area contributed by atoms with Crippen molar-refractivity contribution in [1.29, 1.82) is 0 Å². The van der Waals surface area contributed by atoms with Crippen molar-refractivity contribution in [2.24, 2.45) is 0 Å². The highest BCUT2D eigenvalue weighted by atomic mass is 16.6. The van der Waals surface area contributed by atoms with Crippen molar-refractivity contribution < 1.29 is 14.3 Å². The van der Waals surface area contributed by atoms with Crippen LogP contribution in [0.3, 0.4) is 0 Å². The molecule has 2 aromatic carbocycles. The molecule has 0 aliphatic carbocycles. The fourth-order valence-electron chi connectivity index (χ4n) is 2.42. The van der Waals surface area contributed by atoms with Crippen LogP contribution in [0.15, 0.2) is 42.5 Å². The zero-order valence-corrected chi connectivity index (χ0v) is 16.9. The Bertz CT molecular complexity index is 797. The third kappa shape index (κ3) is 6.09. The Balaban J connectivity index is 2.21. The zero-order chi connectivity index (χ0) is 20.2. The number of hydrogen-bond donors (Lipinski definition) is 2. The molecule has 0 spiro atoms. The van der Waals surface area contributed by atoms with Gasteiger partial charge in [-0.3, -0.25) is 4.90 Å². The molecule has 146 valence electrons. The van der Waals surface area contributed by atoms with E-state index in [0.29, 0.717) is 28.9 Å². The molecule has 1 amide bonds. The number of nitrogens with zero attached hydrogens (tertiary/aromatic N) is 1. The molecule has 0 fully saturated rings. The maximum atomic E-state index is 12.3. The number of carbonyl (C=O) groups excluding carboxylic acids is 1. The largest absolute Gasteiger partial charge is 0.457 e. The fraction of sp³-hybridized carbons (Fsp3) is 0.381. The van der Waals surface area contributed by atoms with Gasteiger partial charge in [-0.2, -0.15) is 0 Å². The summed E-state index contributed by atoms with van der Waals surface area (Å²) in [5.41, 5.74) is 7.43. The molecule has 0 saturated carbocycles. The molecule has 2 aromatic rings. The van der Waals surface area contributed by atoms with Crippen LogP contribution in [-0.4, -0.2) is 24.8 Å². The van der Waals surface area contributed by atoms with E-state index in [0.717, 1.165) is 5.69 Å². The number of anilines is 3. The third-order valence-electron chi connectivity index (χ3n) is 3.56. The van der Waals surface area contributed by atoms with E-state index in [-0.39, 0.29) is 0 Å². The number of ether oxygens (including phenoxy) is 2. The molecule has 0 radical (unpaired) electrons. The van der Waals surface area contributed by atoms with Gasteiger partial charge in [0.15, 0.2) is 0 Å². The lowest BCUT2D eigenvalue weighted by Gasteiger charge is -2.25. The van der Waals surface area contributed by atoms with Gasteiger partial charge >= 0.3 is 6.09 Å². The van der Waals surface area contributed by atoms with Gasteiger partial charge in [0.1, 0.15) is 17.1 Å². The highest BCUT2D eigenvalue weighted by molar-refractivity contribution is 5.91. The minimum absolute atomic E-state index is 0.325. The summed E-state index contributed by atoms with van der Waals surface area (Å²) in [5, 5.41) is 3.34. The summed E-state index contributed by atoms with van der Waals surface area (Å²) in [6.07, 6.45) is -0.477. The maximum absolute atomic E-state index is 12.3. The number of hydrogen-bond acceptors (Lipinski definition) is 5. The molecule has 2 rings (SSSR count). The second-order valence-electron chi connectivity index (χ2n) is 7.69. The van der Waals surface area contributed by atoms with Crippen molar-refractivity contribution in [2.75, 3.05) is 23.0 Å². The van der Waals surface area contributed by atoms with Gasteiger partial charge in [-0.25, -0.2) is 4.79 Å². The standard InChI is InChI=1S/C21H29N3O3/c1-14(2)23-15-8-7-9-16(12-15)26-17-10-11-18(22)19(13-17)24(6)20(25)27-21(3,4)5/h7-14,23H,22H2,1-6H3. The van der Waals surface area contributed by atoms with E-state index in [2.05, 4.69) is 19.2 Å². The summed E-state index contributed by atoms with van der Waals surface area (Å²) in [7, 11) is 1.62. The summed E-state index contributed by atoms with van der Waals surface area (Å²) in [4.78, 5) is 13.7. The minimum Gasteiger partial charge on any atom is -0.457 e. The van der Waals surface area contributed by atoms with E-state index in [4.69, 9.17) is 15.2 Å². The van der Waals surface area contributed by atoms with Gasteiger partial charge < -0.3 is 20.5 Å². The predicted octanol–water partition coefficient (Wildman–Crippen LogP) is 5.25. The van der Waals surface area contributed by atoms with E-state index in [1.165, 1.54) is 4.90 Å². The Kier molecular flexibility index (Phi) is 6.20. The SMILES string of the molecule is CC(C)Nc1cccc(Oc2ccc(N)c(N(C)C(=O)OC(C)(C)C)c2)c1. The minimum atomic E-state index is -0.585. The van der Waals surface area contributed by atoms with Gasteiger partial charge in [0.05, 0.1) is 11.4 Å². The third-order valence-corrected chi connectivity index (χ3v) is 3.56. The first-order valence-electron chi connectivity index (χ1n) is 8.96. The number of carbonyl (C=O) groups is 1. The average molecular weight is 371 g/mol. The van der Waals surface area contributed by atoms with E-state index < -0.39 is 11.7 Å². The molecule has 3 N–H and O–H groups in total. The molecule has 0 bridgehead atoms. The Morgan fingerprint density at radius 2 is 1.78 bits per heavy atom. The highest BCUT2D eigenvalue weighted by Gasteiger charge is 2.22. The van der Waals surface area contributed by atoms with Gasteiger partial charge in [-0.05, 0) is 58.9 Å². The van der Waals surface area contributed by atoms with Crippen LogP contribution in [-0.2, 0) is 4.74 Å². The number of amides is 1. The topological polar surface area (TPSA) is 76.8 Å². The monoisotopic (exact) mass is 371 g/mol. The Morgan fingerprint density at radius 1 is 1.11 bits per heavy atom. The first kappa shape index (κ1) is 20.4. The van der Waals surface area contributed by atoms with Crippen LogP contribution in [0, 0.1) is 0 Å². The summed E-state index contributed by atoms with van der Waals surface area (Å²) in [5.74, 6) is 1.27. The van der Waals surface area contributed by atoms with Crippen molar-refractivity contribution in [2.45, 2.75) is 46.3 Å². The lowest BCUT2D eigenvalue weighted by Crippen LogP contribution is -2.34. The quantitative estimate of drug-likeness (QED) is 0.702. The smallest absolute Gasteiger partial charge is 0.414 e. The van der Waals surface area contributed by atoms with Crippen molar-refractivity contribution >= 4 is 23.2 Å². The zero-order valence-electron chi connectivity index (χ0n) is 16.9. The summed E-state index contributed by atoms with van der Waals surface area (Å²) in [6.45, 7) is 9.61. The van der Waals surface area contributed by atoms with Crippen LogP contribution in [0.25, 0.3) is 0 Å². The molecule has 0 aromatic heterocycles. The molecular weight excluding hydrogens is 342 g/mol. The molecule has 6 nitrogen and oxygen atoms in total. The van der Waals surface area contributed by atoms with E-state index in [1.807, 2.05) is 45.0 Å². The Morgan fingerprint density at radius 3 is 2.41 bits per heavy atom. The fourth-order valence-corrected chi connectivity index (χ4v) is 2.42. The van der Waals surface area contributed by atoms with E-state index in [1.54, 1.807) is 25.2 Å². The van der Waals surface area contributed by atoms with Crippen LogP contribution in [0.4, 0.5) is 21.9 Å². The number of rotatable bonds is 5. The van der Waals surface area contributed by atoms with Gasteiger partial charge in [0, 0.05) is 30.9 Å². The first-order chi connectivity index (χ1) is 12.5. The maximum Gasteiger partial charge on any atom is 0.414 e. The molecule has 0 unspecified atom stereocenters. The molecule has 6 heteroatoms. The molecule has 0 heterocycles. The van der Waals surface area contributed by atoms with Crippen LogP contribution in [0.2, 0.25) is 0 Å². The lowest BCUT2D eigenvalue weighted by atomic mass is 10.2. The first-order valence-corrected chi connectivity index (χ1v) is 8.96. The second-order valence-corrected chi connectivity index (χ2v) is 7.69. The van der Waals surface area contributed by atoms with Gasteiger partial charge in [0.25, 0.3) is 0 Å². The molecular formula is C21H29N3O3. The number of nitrogens with two attached hydrogens (primary N) is 1. The molecule has 27 heavy (non-hydrogen) atoms. The molecule has 0 atom stereocenters. The van der Waals surface area contributed by atoms with Gasteiger partial charge in [-0.1, -0.05) is 6.07 Å². The highest BCUT2D eigenvalue weighted by Crippen LogP contribution is 2.32. The lowest BCUT2D eigenvalue weighted by molar-refractivity contribution is 0.0589. The van der Waals surface area contributed by atoms with E-state index >= 15 is 0 Å². The summed E-state index contributed by atoms with van der Waals surface area (Å²) >= 11 is 0. The van der Waals surface area contributed by atoms with Crippen molar-refractivity contribution in [3.05, 3.63) is 42.5 Å². The van der Waals surface area contributed by atoms with Crippen LogP contribution < -0.4 is 20.7 Å². The summed E-state index contributed by atoms with van der Waals surface area (Å²) < 4.78 is 11.4. The van der Waals surface area contributed by atoms with Crippen LogP contribution in [0.1, 0.15) is 34.6 Å². The van der Waals surface area contributed by atoms with E-state index in [9.17, 15) is 4.79 Å². The predicted molar refractivity (Wildman–Crippen MR) is 111 cm³/mol. The second kappa shape index (κ2) is 8.20. The number of nitrogen functional groups attached to an aromatic ring is 1. The molecule has 0 saturated heterocycles. The number of benzene rings is 2. The van der Waals surface area contributed by atoms with Crippen molar-refractivity contribution in [1.82, 2.24) is 0 Å². The molecule has 0 aliphatic rings. The Labute approximate surface area is 161 Å². The molecule has 0 aliphatic heterocycles. The van der Waals surface area contributed by atoms with Crippen LogP contribution >= 0.6 is 0 Å². The van der Waals surface area contributed by atoms with Gasteiger partial charge in [0.2, 0.25) is 0 Å². The van der Waals surface area contributed by atoms with Crippen LogP contribution in [0.5, 0.6) is 11.5 Å². The average Bonchev–Trinajstić information content (AvgIpc) is 2.54. The number of nitrogens with one attached hydrogen (secondary N) is 1. The summed E-state index contributed by atoms with van der Waals surface area (Å²) in [6, 6.07) is 13.2. The van der Waals surface area contributed by atoms with Crippen molar-refractivity contribution in [3.63, 3.8) is 0 Å². The Hall–Kier alpha value is -2.89. The van der Waals surface area contributed by atoms with Gasteiger partial charge in [-0.15, -0.1) is 0 Å².